The lowest BCUT2D eigenvalue weighted by molar-refractivity contribution is -0.161. The second kappa shape index (κ2) is 8.19. The summed E-state index contributed by atoms with van der Waals surface area (Å²) in [5.41, 5.74) is 2.58. The number of esters is 2. The van der Waals surface area contributed by atoms with Crippen molar-refractivity contribution < 1.29 is 23.9 Å². The van der Waals surface area contributed by atoms with Crippen molar-refractivity contribution in [3.8, 4) is 11.1 Å². The highest BCUT2D eigenvalue weighted by molar-refractivity contribution is 5.98. The molecule has 0 aromatic heterocycles. The van der Waals surface area contributed by atoms with Gasteiger partial charge in [0.1, 0.15) is 0 Å². The average molecular weight is 392 g/mol. The van der Waals surface area contributed by atoms with E-state index in [1.165, 1.54) is 7.11 Å². The van der Waals surface area contributed by atoms with E-state index in [4.69, 9.17) is 9.47 Å². The lowest BCUT2D eigenvalue weighted by Gasteiger charge is -2.27. The second-order valence-corrected chi connectivity index (χ2v) is 7.88. The molecule has 2 saturated carbocycles. The van der Waals surface area contributed by atoms with Crippen LogP contribution in [-0.4, -0.2) is 31.4 Å². The van der Waals surface area contributed by atoms with Gasteiger partial charge in [0.2, 0.25) is 0 Å². The average Bonchev–Trinajstić information content (AvgIpc) is 3.39. The second-order valence-electron chi connectivity index (χ2n) is 7.88. The van der Waals surface area contributed by atoms with Crippen LogP contribution in [0.4, 0.5) is 0 Å². The molecule has 0 radical (unpaired) electrons. The lowest BCUT2D eigenvalue weighted by atomic mass is 9.79. The van der Waals surface area contributed by atoms with E-state index in [0.29, 0.717) is 5.56 Å². The molecule has 5 nitrogen and oxygen atoms in total. The third kappa shape index (κ3) is 3.82. The Balaban J connectivity index is 1.38. The Kier molecular flexibility index (Phi) is 5.47. The highest BCUT2D eigenvalue weighted by Crippen LogP contribution is 2.53. The number of hydrogen-bond acceptors (Lipinski definition) is 5. The highest BCUT2D eigenvalue weighted by Gasteiger charge is 2.55. The van der Waals surface area contributed by atoms with Gasteiger partial charge >= 0.3 is 11.9 Å². The first-order valence-corrected chi connectivity index (χ1v) is 10.0. The fraction of sp³-hybridized carbons (Fsp3) is 0.375. The number of ketones is 1. The smallest absolute Gasteiger partial charge is 0.310 e. The summed E-state index contributed by atoms with van der Waals surface area (Å²) in [5, 5.41) is 0. The number of benzene rings is 2. The molecule has 2 aromatic rings. The summed E-state index contributed by atoms with van der Waals surface area (Å²) in [6, 6.07) is 17.1. The summed E-state index contributed by atoms with van der Waals surface area (Å²) in [6.07, 6.45) is 2.72. The van der Waals surface area contributed by atoms with Crippen LogP contribution in [-0.2, 0) is 19.1 Å². The minimum Gasteiger partial charge on any atom is -0.469 e. The number of Topliss-reactive ketones (excluding diaryl/α,β-unsaturated/α-hetero) is 1. The molecular weight excluding hydrogens is 368 g/mol. The van der Waals surface area contributed by atoms with Crippen molar-refractivity contribution in [1.29, 1.82) is 0 Å². The SMILES string of the molecule is COC(=O)[C@H]1[C@H]2CC[C@@H](C2)[C@H]1C(=O)OCC(=O)c1ccc(-c2ccccc2)cc1. The maximum absolute atomic E-state index is 12.7. The molecule has 150 valence electrons. The molecule has 2 aromatic carbocycles. The van der Waals surface area contributed by atoms with E-state index < -0.39 is 17.8 Å². The quantitative estimate of drug-likeness (QED) is 0.551. The van der Waals surface area contributed by atoms with Crippen LogP contribution in [0, 0.1) is 23.7 Å². The van der Waals surface area contributed by atoms with Gasteiger partial charge in [-0.3, -0.25) is 14.4 Å². The van der Waals surface area contributed by atoms with Gasteiger partial charge in [0.05, 0.1) is 18.9 Å². The van der Waals surface area contributed by atoms with Gasteiger partial charge in [-0.2, -0.15) is 0 Å². The van der Waals surface area contributed by atoms with Crippen molar-refractivity contribution in [2.24, 2.45) is 23.7 Å². The Labute approximate surface area is 170 Å². The van der Waals surface area contributed by atoms with Crippen molar-refractivity contribution in [2.75, 3.05) is 13.7 Å². The summed E-state index contributed by atoms with van der Waals surface area (Å²) < 4.78 is 10.2. The topological polar surface area (TPSA) is 69.7 Å². The van der Waals surface area contributed by atoms with Gasteiger partial charge in [-0.25, -0.2) is 0 Å². The summed E-state index contributed by atoms with van der Waals surface area (Å²) in [4.78, 5) is 37.3. The molecule has 2 aliphatic rings. The molecule has 0 saturated heterocycles. The number of carbonyl (C=O) groups excluding carboxylic acids is 3. The molecule has 4 atom stereocenters. The molecule has 5 heteroatoms. The molecule has 0 N–H and O–H groups in total. The molecule has 29 heavy (non-hydrogen) atoms. The van der Waals surface area contributed by atoms with Crippen LogP contribution in [0.3, 0.4) is 0 Å². The summed E-state index contributed by atoms with van der Waals surface area (Å²) >= 11 is 0. The minimum atomic E-state index is -0.491. The molecule has 2 fully saturated rings. The Bertz CT molecular complexity index is 903. The Morgan fingerprint density at radius 3 is 2.03 bits per heavy atom. The Hall–Kier alpha value is -2.95. The van der Waals surface area contributed by atoms with E-state index in [2.05, 4.69) is 0 Å². The van der Waals surface area contributed by atoms with Crippen molar-refractivity contribution in [3.05, 3.63) is 60.2 Å². The van der Waals surface area contributed by atoms with Gasteiger partial charge < -0.3 is 9.47 Å². The van der Waals surface area contributed by atoms with Gasteiger partial charge in [-0.15, -0.1) is 0 Å². The first kappa shape index (κ1) is 19.4. The van der Waals surface area contributed by atoms with Crippen molar-refractivity contribution in [3.63, 3.8) is 0 Å². The van der Waals surface area contributed by atoms with Crippen molar-refractivity contribution >= 4 is 17.7 Å². The maximum Gasteiger partial charge on any atom is 0.310 e. The summed E-state index contributed by atoms with van der Waals surface area (Å²) in [5.74, 6) is -1.65. The first-order valence-electron chi connectivity index (χ1n) is 10.0. The highest BCUT2D eigenvalue weighted by atomic mass is 16.5. The number of fused-ring (bicyclic) bond motifs is 2. The van der Waals surface area contributed by atoms with Crippen molar-refractivity contribution in [1.82, 2.24) is 0 Å². The van der Waals surface area contributed by atoms with Crippen LogP contribution in [0.2, 0.25) is 0 Å². The predicted octanol–water partition coefficient (Wildman–Crippen LogP) is 3.91. The standard InChI is InChI=1S/C24H24O5/c1-28-23(26)21-18-11-12-19(13-18)22(21)24(27)29-14-20(25)17-9-7-16(8-10-17)15-5-3-2-4-6-15/h2-10,18-19,21-22H,11-14H2,1H3/t18-,19-,21-,22+/m0/s1. The number of carbonyl (C=O) groups is 3. The normalized spacial score (nSPS) is 24.9. The minimum absolute atomic E-state index is 0.150. The van der Waals surface area contributed by atoms with E-state index >= 15 is 0 Å². The van der Waals surface area contributed by atoms with Gasteiger partial charge in [-0.1, -0.05) is 54.6 Å². The number of methoxy groups -OCH3 is 1. The third-order valence-corrected chi connectivity index (χ3v) is 6.32. The molecule has 2 aliphatic carbocycles. The first-order chi connectivity index (χ1) is 14.1. The molecule has 0 amide bonds. The lowest BCUT2D eigenvalue weighted by Crippen LogP contribution is -2.37. The van der Waals surface area contributed by atoms with Gasteiger partial charge in [0.15, 0.2) is 12.4 Å². The maximum atomic E-state index is 12.7. The molecule has 2 bridgehead atoms. The number of ether oxygens (including phenoxy) is 2. The van der Waals surface area contributed by atoms with Gasteiger partial charge in [0, 0.05) is 5.56 Å². The van der Waals surface area contributed by atoms with Gasteiger partial charge in [0.25, 0.3) is 0 Å². The molecule has 0 heterocycles. The van der Waals surface area contributed by atoms with Crippen LogP contribution in [0.15, 0.2) is 54.6 Å². The molecule has 4 rings (SSSR count). The molecule has 0 aliphatic heterocycles. The zero-order valence-corrected chi connectivity index (χ0v) is 16.4. The summed E-state index contributed by atoms with van der Waals surface area (Å²) in [7, 11) is 1.35. The van der Waals surface area contributed by atoms with Crippen LogP contribution >= 0.6 is 0 Å². The molecule has 0 unspecified atom stereocenters. The number of rotatable bonds is 6. The zero-order valence-electron chi connectivity index (χ0n) is 16.4. The fourth-order valence-electron chi connectivity index (χ4n) is 4.90. The van der Waals surface area contributed by atoms with Crippen LogP contribution in [0.25, 0.3) is 11.1 Å². The van der Waals surface area contributed by atoms with Crippen LogP contribution in [0.1, 0.15) is 29.6 Å². The number of hydrogen-bond donors (Lipinski definition) is 0. The Morgan fingerprint density at radius 2 is 1.41 bits per heavy atom. The molecule has 0 spiro atoms. The van der Waals surface area contributed by atoms with E-state index in [1.54, 1.807) is 12.1 Å². The zero-order chi connectivity index (χ0) is 20.4. The van der Waals surface area contributed by atoms with Crippen LogP contribution in [0.5, 0.6) is 0 Å². The van der Waals surface area contributed by atoms with Crippen LogP contribution < -0.4 is 0 Å². The van der Waals surface area contributed by atoms with Crippen molar-refractivity contribution in [2.45, 2.75) is 19.3 Å². The third-order valence-electron chi connectivity index (χ3n) is 6.32. The van der Waals surface area contributed by atoms with E-state index in [9.17, 15) is 14.4 Å². The monoisotopic (exact) mass is 392 g/mol. The predicted molar refractivity (Wildman–Crippen MR) is 107 cm³/mol. The van der Waals surface area contributed by atoms with E-state index in [-0.39, 0.29) is 30.2 Å². The van der Waals surface area contributed by atoms with E-state index in [1.807, 2.05) is 42.5 Å². The van der Waals surface area contributed by atoms with Gasteiger partial charge in [-0.05, 0) is 42.2 Å². The molecular formula is C24H24O5. The summed E-state index contributed by atoms with van der Waals surface area (Å²) in [6.45, 7) is -0.314. The van der Waals surface area contributed by atoms with E-state index in [0.717, 1.165) is 30.4 Å². The Morgan fingerprint density at radius 1 is 0.828 bits per heavy atom. The fourth-order valence-corrected chi connectivity index (χ4v) is 4.90. The largest absolute Gasteiger partial charge is 0.469 e.